The summed E-state index contributed by atoms with van der Waals surface area (Å²) in [6.07, 6.45) is 0. The van der Waals surface area contributed by atoms with Gasteiger partial charge in [-0.15, -0.1) is 10.2 Å². The van der Waals surface area contributed by atoms with Crippen molar-refractivity contribution in [2.45, 2.75) is 30.2 Å². The van der Waals surface area contributed by atoms with E-state index in [2.05, 4.69) is 39.5 Å². The average molecular weight is 390 g/mol. The zero-order valence-electron chi connectivity index (χ0n) is 16.1. The number of morpholine rings is 1. The van der Waals surface area contributed by atoms with Crippen LogP contribution in [0.2, 0.25) is 0 Å². The van der Waals surface area contributed by atoms with Gasteiger partial charge in [0.15, 0.2) is 5.16 Å². The Bertz CT molecular complexity index is 746. The molecule has 8 heteroatoms. The van der Waals surface area contributed by atoms with Gasteiger partial charge in [-0.1, -0.05) is 49.0 Å². The first-order valence-electron chi connectivity index (χ1n) is 9.27. The number of rotatable bonds is 7. The lowest BCUT2D eigenvalue weighted by Crippen LogP contribution is -2.37. The second-order valence-corrected chi connectivity index (χ2v) is 8.07. The van der Waals surface area contributed by atoms with E-state index in [0.29, 0.717) is 19.8 Å². The fraction of sp³-hybridized carbons (Fsp3) is 0.526. The van der Waals surface area contributed by atoms with Crippen LogP contribution < -0.4 is 10.2 Å². The van der Waals surface area contributed by atoms with Gasteiger partial charge in [-0.05, 0) is 18.4 Å². The second kappa shape index (κ2) is 9.23. The van der Waals surface area contributed by atoms with Gasteiger partial charge in [0.2, 0.25) is 11.9 Å². The van der Waals surface area contributed by atoms with Crippen LogP contribution in [0.5, 0.6) is 0 Å². The number of carbonyl (C=O) groups is 1. The third-order valence-corrected chi connectivity index (χ3v) is 5.84. The maximum atomic E-state index is 12.5. The molecule has 2 atom stereocenters. The fourth-order valence-electron chi connectivity index (χ4n) is 2.96. The van der Waals surface area contributed by atoms with Gasteiger partial charge < -0.3 is 15.0 Å². The van der Waals surface area contributed by atoms with Crippen LogP contribution in [0, 0.1) is 0 Å². The maximum absolute atomic E-state index is 12.5. The molecule has 1 fully saturated rings. The van der Waals surface area contributed by atoms with Crippen molar-refractivity contribution in [2.75, 3.05) is 37.7 Å². The molecule has 1 aromatic carbocycles. The monoisotopic (exact) mass is 389 g/mol. The van der Waals surface area contributed by atoms with E-state index in [1.54, 1.807) is 0 Å². The van der Waals surface area contributed by atoms with Crippen molar-refractivity contribution in [3.8, 4) is 0 Å². The highest BCUT2D eigenvalue weighted by Gasteiger charge is 2.22. The number of hydrogen-bond donors (Lipinski definition) is 1. The molecule has 1 N–H and O–H groups in total. The molecule has 1 saturated heterocycles. The summed E-state index contributed by atoms with van der Waals surface area (Å²) in [6, 6.07) is 10.2. The SMILES string of the molecule is CC(Sc1nnc(N2CCOCC2)n1C)C(=O)NCC(C)c1ccccc1. The zero-order chi connectivity index (χ0) is 19.2. The van der Waals surface area contributed by atoms with Gasteiger partial charge in [0.25, 0.3) is 0 Å². The van der Waals surface area contributed by atoms with Gasteiger partial charge in [-0.25, -0.2) is 0 Å². The van der Waals surface area contributed by atoms with Crippen molar-refractivity contribution in [2.24, 2.45) is 7.05 Å². The summed E-state index contributed by atoms with van der Waals surface area (Å²) in [4.78, 5) is 14.6. The molecule has 0 radical (unpaired) electrons. The number of ether oxygens (including phenoxy) is 1. The number of nitrogens with zero attached hydrogens (tertiary/aromatic N) is 4. The Morgan fingerprint density at radius 3 is 2.63 bits per heavy atom. The number of carbonyl (C=O) groups excluding carboxylic acids is 1. The molecule has 1 amide bonds. The van der Waals surface area contributed by atoms with E-state index in [1.807, 2.05) is 36.7 Å². The van der Waals surface area contributed by atoms with Gasteiger partial charge in [0.1, 0.15) is 0 Å². The van der Waals surface area contributed by atoms with E-state index in [9.17, 15) is 4.79 Å². The first-order chi connectivity index (χ1) is 13.1. The molecule has 0 aliphatic carbocycles. The van der Waals surface area contributed by atoms with E-state index in [-0.39, 0.29) is 17.1 Å². The minimum absolute atomic E-state index is 0.0127. The number of benzene rings is 1. The van der Waals surface area contributed by atoms with Crippen LogP contribution in [-0.2, 0) is 16.6 Å². The maximum Gasteiger partial charge on any atom is 0.233 e. The lowest BCUT2D eigenvalue weighted by molar-refractivity contribution is -0.120. The van der Waals surface area contributed by atoms with Gasteiger partial charge in [-0.3, -0.25) is 9.36 Å². The quantitative estimate of drug-likeness (QED) is 0.731. The highest BCUT2D eigenvalue weighted by atomic mass is 32.2. The average Bonchev–Trinajstić information content (AvgIpc) is 3.07. The van der Waals surface area contributed by atoms with Crippen LogP contribution in [0.4, 0.5) is 5.95 Å². The number of anilines is 1. The lowest BCUT2D eigenvalue weighted by Gasteiger charge is -2.27. The lowest BCUT2D eigenvalue weighted by atomic mass is 10.0. The first-order valence-corrected chi connectivity index (χ1v) is 10.2. The predicted molar refractivity (Wildman–Crippen MR) is 107 cm³/mol. The Balaban J connectivity index is 1.53. The topological polar surface area (TPSA) is 72.3 Å². The molecule has 3 rings (SSSR count). The summed E-state index contributed by atoms with van der Waals surface area (Å²) in [7, 11) is 1.94. The van der Waals surface area contributed by atoms with Crippen molar-refractivity contribution < 1.29 is 9.53 Å². The summed E-state index contributed by atoms with van der Waals surface area (Å²) in [5.41, 5.74) is 1.22. The summed E-state index contributed by atoms with van der Waals surface area (Å²) in [5, 5.41) is 12.1. The van der Waals surface area contributed by atoms with Crippen LogP contribution >= 0.6 is 11.8 Å². The third kappa shape index (κ3) is 5.01. The normalized spacial score (nSPS) is 16.8. The van der Waals surface area contributed by atoms with E-state index in [1.165, 1.54) is 17.3 Å². The van der Waals surface area contributed by atoms with Gasteiger partial charge in [0, 0.05) is 26.7 Å². The zero-order valence-corrected chi connectivity index (χ0v) is 16.9. The minimum atomic E-state index is -0.242. The molecule has 7 nitrogen and oxygen atoms in total. The first kappa shape index (κ1) is 19.7. The van der Waals surface area contributed by atoms with Crippen molar-refractivity contribution in [3.63, 3.8) is 0 Å². The molecule has 0 spiro atoms. The number of hydrogen-bond acceptors (Lipinski definition) is 6. The smallest absolute Gasteiger partial charge is 0.233 e. The number of amides is 1. The Hall–Kier alpha value is -2.06. The summed E-state index contributed by atoms with van der Waals surface area (Å²) >= 11 is 1.43. The number of nitrogens with one attached hydrogen (secondary N) is 1. The highest BCUT2D eigenvalue weighted by Crippen LogP contribution is 2.25. The molecule has 1 aliphatic rings. The standard InChI is InChI=1S/C19H27N5O2S/c1-14(16-7-5-4-6-8-16)13-20-17(25)15(2)27-19-22-21-18(23(19)3)24-9-11-26-12-10-24/h4-8,14-15H,9-13H2,1-3H3,(H,20,25). The fourth-order valence-corrected chi connectivity index (χ4v) is 3.79. The van der Waals surface area contributed by atoms with Crippen molar-refractivity contribution in [1.82, 2.24) is 20.1 Å². The van der Waals surface area contributed by atoms with E-state index < -0.39 is 0 Å². The Morgan fingerprint density at radius 2 is 1.93 bits per heavy atom. The summed E-state index contributed by atoms with van der Waals surface area (Å²) < 4.78 is 7.34. The molecule has 1 aliphatic heterocycles. The van der Waals surface area contributed by atoms with E-state index in [0.717, 1.165) is 24.2 Å². The number of aromatic nitrogens is 3. The van der Waals surface area contributed by atoms with Crippen molar-refractivity contribution in [1.29, 1.82) is 0 Å². The van der Waals surface area contributed by atoms with Crippen LogP contribution in [0.15, 0.2) is 35.5 Å². The molecule has 27 heavy (non-hydrogen) atoms. The molecule has 146 valence electrons. The minimum Gasteiger partial charge on any atom is -0.378 e. The van der Waals surface area contributed by atoms with Crippen LogP contribution in [-0.4, -0.2) is 58.8 Å². The third-order valence-electron chi connectivity index (χ3n) is 4.71. The van der Waals surface area contributed by atoms with Crippen LogP contribution in [0.25, 0.3) is 0 Å². The summed E-state index contributed by atoms with van der Waals surface area (Å²) in [6.45, 7) is 7.65. The molecule has 0 saturated carbocycles. The van der Waals surface area contributed by atoms with Gasteiger partial charge in [0.05, 0.1) is 18.5 Å². The molecule has 0 bridgehead atoms. The van der Waals surface area contributed by atoms with Crippen molar-refractivity contribution in [3.05, 3.63) is 35.9 Å². The van der Waals surface area contributed by atoms with Crippen LogP contribution in [0.1, 0.15) is 25.3 Å². The van der Waals surface area contributed by atoms with E-state index >= 15 is 0 Å². The van der Waals surface area contributed by atoms with Gasteiger partial charge in [-0.2, -0.15) is 0 Å². The second-order valence-electron chi connectivity index (χ2n) is 6.76. The Kier molecular flexibility index (Phi) is 6.73. The predicted octanol–water partition coefficient (Wildman–Crippen LogP) is 2.05. The largest absolute Gasteiger partial charge is 0.378 e. The highest BCUT2D eigenvalue weighted by molar-refractivity contribution is 8.00. The van der Waals surface area contributed by atoms with E-state index in [4.69, 9.17) is 4.74 Å². The number of thioether (sulfide) groups is 1. The molecule has 1 aromatic heterocycles. The Morgan fingerprint density at radius 1 is 1.22 bits per heavy atom. The molecule has 2 aromatic rings. The molecule has 2 unspecified atom stereocenters. The van der Waals surface area contributed by atoms with Crippen LogP contribution in [0.3, 0.4) is 0 Å². The summed E-state index contributed by atoms with van der Waals surface area (Å²) in [5.74, 6) is 1.11. The molecular formula is C19H27N5O2S. The Labute approximate surface area is 164 Å². The molecule has 2 heterocycles. The van der Waals surface area contributed by atoms with Crippen molar-refractivity contribution >= 4 is 23.6 Å². The van der Waals surface area contributed by atoms with Gasteiger partial charge >= 0.3 is 0 Å². The molecular weight excluding hydrogens is 362 g/mol.